The van der Waals surface area contributed by atoms with Crippen molar-refractivity contribution in [2.75, 3.05) is 26.5 Å². The Balaban J connectivity index is 2.29. The quantitative estimate of drug-likeness (QED) is 0.711. The highest BCUT2D eigenvalue weighted by Gasteiger charge is 2.60. The molecule has 0 saturated carbocycles. The van der Waals surface area contributed by atoms with Crippen molar-refractivity contribution in [1.29, 1.82) is 0 Å². The molecule has 0 aromatic heterocycles. The summed E-state index contributed by atoms with van der Waals surface area (Å²) >= 11 is 0. The Morgan fingerprint density at radius 2 is 1.61 bits per heavy atom. The minimum absolute atomic E-state index is 0.177. The van der Waals surface area contributed by atoms with E-state index in [0.29, 0.717) is 24.3 Å². The van der Waals surface area contributed by atoms with Crippen molar-refractivity contribution in [1.82, 2.24) is 4.90 Å². The number of amides is 2. The number of nitrogens with zero attached hydrogens (tertiary/aromatic N) is 1. The molecule has 0 radical (unpaired) electrons. The van der Waals surface area contributed by atoms with Gasteiger partial charge in [0.05, 0.1) is 7.11 Å². The van der Waals surface area contributed by atoms with Crippen LogP contribution >= 0.6 is 0 Å². The number of ether oxygens (including phenoxy) is 2. The number of alkyl halides is 4. The first-order valence-corrected chi connectivity index (χ1v) is 7.85. The molecule has 0 spiro atoms. The zero-order valence-electron chi connectivity index (χ0n) is 15.1. The molecule has 0 saturated heterocycles. The van der Waals surface area contributed by atoms with E-state index in [9.17, 15) is 26.7 Å². The lowest BCUT2D eigenvalue weighted by molar-refractivity contribution is -0.316. The smallest absolute Gasteiger partial charge is 0.469 e. The van der Waals surface area contributed by atoms with Crippen LogP contribution in [0.15, 0.2) is 42.5 Å². The van der Waals surface area contributed by atoms with E-state index in [1.54, 1.807) is 0 Å². The lowest BCUT2D eigenvalue weighted by atomic mass is 10.1. The standard InChI is InChI=1S/C18H17F5N2O3/c1-25(2)16(26)24-13-8-9-14(15(10-13)27-3)28-18(22,23)17(20,21)11-4-6-12(19)7-5-11/h4-10H,1-3H3,(H,24,26). The molecule has 5 nitrogen and oxygen atoms in total. The van der Waals surface area contributed by atoms with Crippen molar-refractivity contribution in [3.05, 3.63) is 53.8 Å². The molecule has 2 rings (SSSR count). The van der Waals surface area contributed by atoms with Crippen LogP contribution in [0, 0.1) is 5.82 Å². The molecule has 2 aromatic carbocycles. The molecule has 152 valence electrons. The lowest BCUT2D eigenvalue weighted by Crippen LogP contribution is -2.43. The number of anilines is 1. The van der Waals surface area contributed by atoms with Gasteiger partial charge in [0.1, 0.15) is 5.82 Å². The first kappa shape index (κ1) is 21.3. The van der Waals surface area contributed by atoms with Crippen LogP contribution in [-0.4, -0.2) is 38.2 Å². The molecular formula is C18H17F5N2O3. The number of hydrogen-bond acceptors (Lipinski definition) is 3. The van der Waals surface area contributed by atoms with Crippen LogP contribution in [-0.2, 0) is 5.92 Å². The first-order valence-electron chi connectivity index (χ1n) is 7.85. The van der Waals surface area contributed by atoms with Gasteiger partial charge in [0, 0.05) is 31.4 Å². The number of benzene rings is 2. The summed E-state index contributed by atoms with van der Waals surface area (Å²) < 4.78 is 78.9. The molecule has 2 amide bonds. The third-order valence-corrected chi connectivity index (χ3v) is 3.63. The van der Waals surface area contributed by atoms with Gasteiger partial charge in [-0.05, 0) is 36.4 Å². The van der Waals surface area contributed by atoms with E-state index >= 15 is 0 Å². The molecule has 0 atom stereocenters. The van der Waals surface area contributed by atoms with Gasteiger partial charge < -0.3 is 19.7 Å². The maximum Gasteiger partial charge on any atom is 0.469 e. The summed E-state index contributed by atoms with van der Waals surface area (Å²) in [5, 5.41) is 2.45. The Labute approximate surface area is 157 Å². The number of methoxy groups -OCH3 is 1. The number of carbonyl (C=O) groups excluding carboxylic acids is 1. The Hall–Kier alpha value is -3.04. The highest BCUT2D eigenvalue weighted by molar-refractivity contribution is 5.89. The molecule has 0 aliphatic carbocycles. The van der Waals surface area contributed by atoms with Crippen LogP contribution in [0.25, 0.3) is 0 Å². The van der Waals surface area contributed by atoms with Crippen molar-refractivity contribution in [2.45, 2.75) is 12.0 Å². The van der Waals surface area contributed by atoms with Crippen LogP contribution in [0.4, 0.5) is 32.4 Å². The van der Waals surface area contributed by atoms with Gasteiger partial charge in [0.25, 0.3) is 0 Å². The third kappa shape index (κ3) is 4.44. The molecule has 0 aliphatic heterocycles. The average molecular weight is 404 g/mol. The Bertz CT molecular complexity index is 842. The largest absolute Gasteiger partial charge is 0.493 e. The number of carbonyl (C=O) groups is 1. The van der Waals surface area contributed by atoms with E-state index in [2.05, 4.69) is 10.1 Å². The summed E-state index contributed by atoms with van der Waals surface area (Å²) in [5.41, 5.74) is -0.941. The zero-order chi connectivity index (χ0) is 21.1. The molecule has 10 heteroatoms. The fourth-order valence-corrected chi connectivity index (χ4v) is 2.09. The van der Waals surface area contributed by atoms with Gasteiger partial charge in [-0.15, -0.1) is 0 Å². The van der Waals surface area contributed by atoms with Crippen molar-refractivity contribution in [2.24, 2.45) is 0 Å². The molecule has 2 aromatic rings. The SMILES string of the molecule is COc1cc(NC(=O)N(C)C)ccc1OC(F)(F)C(F)(F)c1ccc(F)cc1. The number of nitrogens with one attached hydrogen (secondary N) is 1. The van der Waals surface area contributed by atoms with Crippen LogP contribution in [0.2, 0.25) is 0 Å². The van der Waals surface area contributed by atoms with Gasteiger partial charge in [-0.3, -0.25) is 0 Å². The van der Waals surface area contributed by atoms with E-state index in [1.807, 2.05) is 0 Å². The average Bonchev–Trinajstić information content (AvgIpc) is 2.62. The van der Waals surface area contributed by atoms with Crippen LogP contribution in [0.5, 0.6) is 11.5 Å². The van der Waals surface area contributed by atoms with Crippen molar-refractivity contribution in [3.63, 3.8) is 0 Å². The second kappa shape index (κ2) is 7.91. The van der Waals surface area contributed by atoms with Crippen LogP contribution < -0.4 is 14.8 Å². The maximum absolute atomic E-state index is 14.2. The maximum atomic E-state index is 14.2. The lowest BCUT2D eigenvalue weighted by Gasteiger charge is -2.27. The minimum atomic E-state index is -4.97. The van der Waals surface area contributed by atoms with Gasteiger partial charge >= 0.3 is 18.1 Å². The minimum Gasteiger partial charge on any atom is -0.493 e. The molecule has 1 N–H and O–H groups in total. The van der Waals surface area contributed by atoms with Crippen LogP contribution in [0.1, 0.15) is 5.56 Å². The summed E-state index contributed by atoms with van der Waals surface area (Å²) in [5.74, 6) is -6.56. The highest BCUT2D eigenvalue weighted by Crippen LogP contribution is 2.45. The Morgan fingerprint density at radius 3 is 2.14 bits per heavy atom. The fraction of sp³-hybridized carbons (Fsp3) is 0.278. The summed E-state index contributed by atoms with van der Waals surface area (Å²) in [6.07, 6.45) is -4.97. The number of urea groups is 1. The van der Waals surface area contributed by atoms with Gasteiger partial charge in [-0.2, -0.15) is 17.6 Å². The van der Waals surface area contributed by atoms with Crippen molar-refractivity contribution in [3.8, 4) is 11.5 Å². The third-order valence-electron chi connectivity index (χ3n) is 3.63. The van der Waals surface area contributed by atoms with Crippen molar-refractivity contribution < 1.29 is 36.2 Å². The second-order valence-electron chi connectivity index (χ2n) is 5.89. The van der Waals surface area contributed by atoms with Gasteiger partial charge in [-0.1, -0.05) is 0 Å². The first-order chi connectivity index (χ1) is 13.0. The van der Waals surface area contributed by atoms with E-state index in [-0.39, 0.29) is 11.4 Å². The van der Waals surface area contributed by atoms with E-state index in [4.69, 9.17) is 4.74 Å². The highest BCUT2D eigenvalue weighted by atomic mass is 19.3. The normalized spacial score (nSPS) is 11.7. The molecular weight excluding hydrogens is 387 g/mol. The second-order valence-corrected chi connectivity index (χ2v) is 5.89. The Morgan fingerprint density at radius 1 is 1.00 bits per heavy atom. The molecule has 0 heterocycles. The molecule has 28 heavy (non-hydrogen) atoms. The van der Waals surface area contributed by atoms with Crippen LogP contribution in [0.3, 0.4) is 0 Å². The zero-order valence-corrected chi connectivity index (χ0v) is 15.1. The van der Waals surface area contributed by atoms with E-state index in [1.165, 1.54) is 25.1 Å². The number of halogens is 5. The molecule has 0 bridgehead atoms. The topological polar surface area (TPSA) is 50.8 Å². The molecule has 0 aliphatic rings. The summed E-state index contributed by atoms with van der Waals surface area (Å²) in [6.45, 7) is 0. The summed E-state index contributed by atoms with van der Waals surface area (Å²) in [7, 11) is 4.10. The molecule has 0 unspecified atom stereocenters. The van der Waals surface area contributed by atoms with E-state index < -0.39 is 35.2 Å². The monoisotopic (exact) mass is 404 g/mol. The van der Waals surface area contributed by atoms with Gasteiger partial charge in [-0.25, -0.2) is 9.18 Å². The van der Waals surface area contributed by atoms with Crippen molar-refractivity contribution >= 4 is 11.7 Å². The predicted octanol–water partition coefficient (Wildman–Crippen LogP) is 4.69. The summed E-state index contributed by atoms with van der Waals surface area (Å²) in [6, 6.07) is 5.16. The Kier molecular flexibility index (Phi) is 6.01. The van der Waals surface area contributed by atoms with Gasteiger partial charge in [0.2, 0.25) is 0 Å². The fourth-order valence-electron chi connectivity index (χ4n) is 2.09. The predicted molar refractivity (Wildman–Crippen MR) is 91.6 cm³/mol. The number of hydrogen-bond donors (Lipinski definition) is 1. The number of rotatable bonds is 6. The molecule has 0 fully saturated rings. The summed E-state index contributed by atoms with van der Waals surface area (Å²) in [4.78, 5) is 12.9. The van der Waals surface area contributed by atoms with Gasteiger partial charge in [0.15, 0.2) is 11.5 Å². The van der Waals surface area contributed by atoms with E-state index in [0.717, 1.165) is 19.2 Å².